The van der Waals surface area contributed by atoms with Crippen molar-refractivity contribution in [1.29, 1.82) is 0 Å². The lowest BCUT2D eigenvalue weighted by atomic mass is 10.1. The molecule has 0 N–H and O–H groups in total. The van der Waals surface area contributed by atoms with Gasteiger partial charge in [0.25, 0.3) is 5.91 Å². The van der Waals surface area contributed by atoms with Crippen LogP contribution in [0.3, 0.4) is 0 Å². The molecule has 0 atom stereocenters. The maximum atomic E-state index is 12.3. The first-order valence-corrected chi connectivity index (χ1v) is 6.65. The Kier molecular flexibility index (Phi) is 4.80. The number of hydrogen-bond donors (Lipinski definition) is 0. The molecular formula is C13H14Cl2N2O2. The molecule has 0 spiro atoms. The van der Waals surface area contributed by atoms with Crippen molar-refractivity contribution in [3.8, 4) is 0 Å². The van der Waals surface area contributed by atoms with Gasteiger partial charge in [0.1, 0.15) is 10.3 Å². The second-order valence-corrected chi connectivity index (χ2v) is 5.01. The highest BCUT2D eigenvalue weighted by molar-refractivity contribution is 6.34. The summed E-state index contributed by atoms with van der Waals surface area (Å²) in [5.41, 5.74) is 1.60. The van der Waals surface area contributed by atoms with E-state index in [0.717, 1.165) is 6.42 Å². The number of rotatable bonds is 3. The summed E-state index contributed by atoms with van der Waals surface area (Å²) in [7, 11) is 1.66. The van der Waals surface area contributed by atoms with Crippen molar-refractivity contribution in [2.75, 3.05) is 26.8 Å². The van der Waals surface area contributed by atoms with Crippen molar-refractivity contribution in [3.05, 3.63) is 39.7 Å². The van der Waals surface area contributed by atoms with Gasteiger partial charge in [-0.15, -0.1) is 0 Å². The second kappa shape index (κ2) is 6.37. The number of nitrogens with zero attached hydrogens (tertiary/aromatic N) is 2. The molecule has 0 radical (unpaired) electrons. The van der Waals surface area contributed by atoms with E-state index in [2.05, 4.69) is 4.98 Å². The van der Waals surface area contributed by atoms with E-state index in [0.29, 0.717) is 25.3 Å². The van der Waals surface area contributed by atoms with Gasteiger partial charge in [-0.1, -0.05) is 29.3 Å². The smallest absolute Gasteiger partial charge is 0.257 e. The molecule has 0 fully saturated rings. The van der Waals surface area contributed by atoms with Gasteiger partial charge in [0.2, 0.25) is 0 Å². The van der Waals surface area contributed by atoms with Crippen LogP contribution >= 0.6 is 23.2 Å². The summed E-state index contributed by atoms with van der Waals surface area (Å²) < 4.78 is 5.08. The van der Waals surface area contributed by atoms with Crippen LogP contribution in [0.4, 0.5) is 0 Å². The number of hydrogen-bond acceptors (Lipinski definition) is 3. The minimum absolute atomic E-state index is 0.123. The summed E-state index contributed by atoms with van der Waals surface area (Å²) in [5, 5.41) is 0.423. The Morgan fingerprint density at radius 1 is 1.47 bits per heavy atom. The summed E-state index contributed by atoms with van der Waals surface area (Å²) in [6.45, 7) is 1.84. The van der Waals surface area contributed by atoms with E-state index in [4.69, 9.17) is 27.9 Å². The SMILES string of the molecule is COCC1=CCN(C(=O)c2ccc(Cl)nc2Cl)CC1. The molecule has 1 aromatic heterocycles. The van der Waals surface area contributed by atoms with E-state index in [1.54, 1.807) is 24.1 Å². The summed E-state index contributed by atoms with van der Waals surface area (Å²) in [6, 6.07) is 3.17. The van der Waals surface area contributed by atoms with E-state index >= 15 is 0 Å². The number of amides is 1. The van der Waals surface area contributed by atoms with Crippen molar-refractivity contribution >= 4 is 29.1 Å². The second-order valence-electron chi connectivity index (χ2n) is 4.27. The number of ether oxygens (including phenoxy) is 1. The molecular weight excluding hydrogens is 287 g/mol. The Morgan fingerprint density at radius 2 is 2.26 bits per heavy atom. The number of halogens is 2. The molecule has 1 aromatic rings. The van der Waals surface area contributed by atoms with Gasteiger partial charge in [0.15, 0.2) is 0 Å². The fourth-order valence-corrected chi connectivity index (χ4v) is 2.38. The number of aromatic nitrogens is 1. The number of carbonyl (C=O) groups excluding carboxylic acids is 1. The van der Waals surface area contributed by atoms with Crippen molar-refractivity contribution in [3.63, 3.8) is 0 Å². The zero-order valence-corrected chi connectivity index (χ0v) is 12.0. The normalized spacial score (nSPS) is 15.3. The Morgan fingerprint density at radius 3 is 2.84 bits per heavy atom. The summed E-state index contributed by atoms with van der Waals surface area (Å²) in [4.78, 5) is 17.9. The Hall–Kier alpha value is -1.10. The van der Waals surface area contributed by atoms with Crippen LogP contribution in [0, 0.1) is 0 Å². The van der Waals surface area contributed by atoms with Gasteiger partial charge in [-0.3, -0.25) is 4.79 Å². The largest absolute Gasteiger partial charge is 0.380 e. The molecule has 2 rings (SSSR count). The van der Waals surface area contributed by atoms with Crippen molar-refractivity contribution < 1.29 is 9.53 Å². The van der Waals surface area contributed by atoms with E-state index in [9.17, 15) is 4.79 Å². The lowest BCUT2D eigenvalue weighted by Crippen LogP contribution is -2.35. The maximum absolute atomic E-state index is 12.3. The van der Waals surface area contributed by atoms with Crippen LogP contribution in [-0.4, -0.2) is 42.6 Å². The van der Waals surface area contributed by atoms with E-state index in [-0.39, 0.29) is 16.2 Å². The first-order valence-electron chi connectivity index (χ1n) is 5.90. The van der Waals surface area contributed by atoms with Crippen LogP contribution in [-0.2, 0) is 4.74 Å². The van der Waals surface area contributed by atoms with E-state index < -0.39 is 0 Å². The van der Waals surface area contributed by atoms with Gasteiger partial charge in [0, 0.05) is 20.2 Å². The highest BCUT2D eigenvalue weighted by Crippen LogP contribution is 2.20. The van der Waals surface area contributed by atoms with Crippen LogP contribution in [0.15, 0.2) is 23.8 Å². The number of pyridine rings is 1. The third-order valence-corrected chi connectivity index (χ3v) is 3.46. The van der Waals surface area contributed by atoms with Crippen molar-refractivity contribution in [2.45, 2.75) is 6.42 Å². The molecule has 0 saturated carbocycles. The monoisotopic (exact) mass is 300 g/mol. The Bertz CT molecular complexity index is 517. The molecule has 2 heterocycles. The fraction of sp³-hybridized carbons (Fsp3) is 0.385. The fourth-order valence-electron chi connectivity index (χ4n) is 1.95. The molecule has 0 bridgehead atoms. The Labute approximate surface area is 122 Å². The van der Waals surface area contributed by atoms with Crippen LogP contribution in [0.25, 0.3) is 0 Å². The molecule has 0 saturated heterocycles. The lowest BCUT2D eigenvalue weighted by Gasteiger charge is -2.26. The zero-order valence-electron chi connectivity index (χ0n) is 10.5. The molecule has 0 aliphatic carbocycles. The predicted molar refractivity (Wildman–Crippen MR) is 74.7 cm³/mol. The topological polar surface area (TPSA) is 42.4 Å². The summed E-state index contributed by atoms with van der Waals surface area (Å²) in [5.74, 6) is -0.123. The minimum atomic E-state index is -0.123. The average molecular weight is 301 g/mol. The average Bonchev–Trinajstić information content (AvgIpc) is 2.39. The molecule has 1 aliphatic heterocycles. The first-order chi connectivity index (χ1) is 9.11. The molecule has 1 aliphatic rings. The molecule has 4 nitrogen and oxygen atoms in total. The van der Waals surface area contributed by atoms with E-state index in [1.807, 2.05) is 6.08 Å². The molecule has 0 aromatic carbocycles. The minimum Gasteiger partial charge on any atom is -0.380 e. The van der Waals surface area contributed by atoms with Gasteiger partial charge >= 0.3 is 0 Å². The van der Waals surface area contributed by atoms with Crippen LogP contribution < -0.4 is 0 Å². The molecule has 19 heavy (non-hydrogen) atoms. The number of carbonyl (C=O) groups is 1. The van der Waals surface area contributed by atoms with Gasteiger partial charge in [0.05, 0.1) is 12.2 Å². The standard InChI is InChI=1S/C13H14Cl2N2O2/c1-19-8-9-4-6-17(7-5-9)13(18)10-2-3-11(14)16-12(10)15/h2-4H,5-8H2,1H3. The first kappa shape index (κ1) is 14.3. The lowest BCUT2D eigenvalue weighted by molar-refractivity contribution is 0.0764. The van der Waals surface area contributed by atoms with E-state index in [1.165, 1.54) is 5.57 Å². The van der Waals surface area contributed by atoms with Gasteiger partial charge < -0.3 is 9.64 Å². The highest BCUT2D eigenvalue weighted by atomic mass is 35.5. The van der Waals surface area contributed by atoms with Gasteiger partial charge in [-0.05, 0) is 24.1 Å². The molecule has 1 amide bonds. The van der Waals surface area contributed by atoms with Crippen LogP contribution in [0.2, 0.25) is 10.3 Å². The van der Waals surface area contributed by atoms with Gasteiger partial charge in [-0.2, -0.15) is 0 Å². The highest BCUT2D eigenvalue weighted by Gasteiger charge is 2.21. The predicted octanol–water partition coefficient (Wildman–Crippen LogP) is 2.81. The molecule has 6 heteroatoms. The van der Waals surface area contributed by atoms with Crippen LogP contribution in [0.1, 0.15) is 16.8 Å². The zero-order chi connectivity index (χ0) is 13.8. The van der Waals surface area contributed by atoms with Crippen molar-refractivity contribution in [1.82, 2.24) is 9.88 Å². The van der Waals surface area contributed by atoms with Gasteiger partial charge in [-0.25, -0.2) is 4.98 Å². The van der Waals surface area contributed by atoms with Crippen LogP contribution in [0.5, 0.6) is 0 Å². The quantitative estimate of drug-likeness (QED) is 0.637. The third-order valence-electron chi connectivity index (χ3n) is 2.97. The summed E-state index contributed by atoms with van der Waals surface area (Å²) in [6.07, 6.45) is 2.83. The molecule has 102 valence electrons. The van der Waals surface area contributed by atoms with Crippen molar-refractivity contribution in [2.24, 2.45) is 0 Å². The summed E-state index contributed by atoms with van der Waals surface area (Å²) >= 11 is 11.7. The molecule has 0 unspecified atom stereocenters. The number of methoxy groups -OCH3 is 1. The third kappa shape index (κ3) is 3.47. The Balaban J connectivity index is 2.09. The maximum Gasteiger partial charge on any atom is 0.257 e.